The van der Waals surface area contributed by atoms with Crippen LogP contribution in [0.25, 0.3) is 0 Å². The number of nitrogens with one attached hydrogen (secondary N) is 2. The molecule has 2 aromatic carbocycles. The topological polar surface area (TPSA) is 64.1 Å². The van der Waals surface area contributed by atoms with Crippen LogP contribution < -0.4 is 24.8 Å². The average molecular weight is 549 g/mol. The number of methoxy groups -OCH3 is 2. The summed E-state index contributed by atoms with van der Waals surface area (Å²) in [7, 11) is 4.78. The Morgan fingerprint density at radius 1 is 0.903 bits per heavy atom. The number of ether oxygens (including phenoxy) is 3. The molecule has 0 bridgehead atoms. The molecule has 0 fully saturated rings. The van der Waals surface area contributed by atoms with Crippen LogP contribution in [-0.2, 0) is 12.8 Å². The van der Waals surface area contributed by atoms with Gasteiger partial charge in [-0.2, -0.15) is 8.78 Å². The van der Waals surface area contributed by atoms with Crippen molar-refractivity contribution in [3.8, 4) is 17.2 Å². The lowest BCUT2D eigenvalue weighted by molar-refractivity contribution is -0.0512. The Morgan fingerprint density at radius 3 is 1.97 bits per heavy atom. The Labute approximate surface area is 199 Å². The van der Waals surface area contributed by atoms with E-state index in [0.717, 1.165) is 23.3 Å². The Morgan fingerprint density at radius 2 is 1.45 bits per heavy atom. The highest BCUT2D eigenvalue weighted by Gasteiger charge is 2.11. The molecule has 0 spiro atoms. The lowest BCUT2D eigenvalue weighted by Crippen LogP contribution is -2.39. The lowest BCUT2D eigenvalue weighted by Gasteiger charge is -2.14. The maximum absolute atomic E-state index is 12.6. The summed E-state index contributed by atoms with van der Waals surface area (Å²) in [5.41, 5.74) is 3.12. The second kappa shape index (κ2) is 13.9. The third kappa shape index (κ3) is 8.76. The SMILES string of the molecule is CN=C(NCCc1ccc(C)c(OC)c1)NCCc1ccc(OC)c(OC(F)F)c1.I. The van der Waals surface area contributed by atoms with Gasteiger partial charge in [0.25, 0.3) is 0 Å². The summed E-state index contributed by atoms with van der Waals surface area (Å²) in [6.45, 7) is 0.404. The van der Waals surface area contributed by atoms with E-state index in [2.05, 4.69) is 26.4 Å². The zero-order valence-electron chi connectivity index (χ0n) is 18.2. The molecule has 0 aliphatic heterocycles. The molecule has 2 rings (SSSR count). The van der Waals surface area contributed by atoms with Gasteiger partial charge in [-0.3, -0.25) is 4.99 Å². The number of aryl methyl sites for hydroxylation is 1. The third-order valence-electron chi connectivity index (χ3n) is 4.55. The number of rotatable bonds is 10. The molecule has 0 aliphatic carbocycles. The van der Waals surface area contributed by atoms with E-state index in [1.54, 1.807) is 26.3 Å². The Balaban J connectivity index is 0.00000480. The fourth-order valence-corrected chi connectivity index (χ4v) is 2.96. The van der Waals surface area contributed by atoms with Gasteiger partial charge in [-0.1, -0.05) is 18.2 Å². The number of halogens is 3. The number of benzene rings is 2. The van der Waals surface area contributed by atoms with Crippen LogP contribution in [0.4, 0.5) is 8.78 Å². The third-order valence-corrected chi connectivity index (χ3v) is 4.55. The first-order chi connectivity index (χ1) is 14.5. The summed E-state index contributed by atoms with van der Waals surface area (Å²) in [6, 6.07) is 11.2. The second-order valence-corrected chi connectivity index (χ2v) is 6.59. The highest BCUT2D eigenvalue weighted by atomic mass is 127. The van der Waals surface area contributed by atoms with Crippen LogP contribution in [0.5, 0.6) is 17.2 Å². The van der Waals surface area contributed by atoms with E-state index in [1.165, 1.54) is 12.7 Å². The molecular formula is C22H30F2IN3O3. The molecule has 0 radical (unpaired) electrons. The van der Waals surface area contributed by atoms with E-state index in [1.807, 2.05) is 25.1 Å². The number of hydrogen-bond acceptors (Lipinski definition) is 4. The molecule has 0 saturated carbocycles. The van der Waals surface area contributed by atoms with Crippen LogP contribution in [0.1, 0.15) is 16.7 Å². The van der Waals surface area contributed by atoms with Crippen LogP contribution in [0, 0.1) is 6.92 Å². The molecule has 31 heavy (non-hydrogen) atoms. The monoisotopic (exact) mass is 549 g/mol. The van der Waals surface area contributed by atoms with Gasteiger partial charge in [0.1, 0.15) is 5.75 Å². The number of guanidine groups is 1. The number of aliphatic imine (C=N–C) groups is 1. The molecule has 2 aromatic rings. The van der Waals surface area contributed by atoms with Gasteiger partial charge in [-0.25, -0.2) is 0 Å². The summed E-state index contributed by atoms with van der Waals surface area (Å²) in [4.78, 5) is 4.21. The minimum absolute atomic E-state index is 0. The van der Waals surface area contributed by atoms with Gasteiger partial charge in [-0.05, 0) is 54.7 Å². The fraction of sp³-hybridized carbons (Fsp3) is 0.409. The van der Waals surface area contributed by atoms with Crippen molar-refractivity contribution in [1.29, 1.82) is 0 Å². The van der Waals surface area contributed by atoms with Crippen LogP contribution in [0.3, 0.4) is 0 Å². The predicted molar refractivity (Wildman–Crippen MR) is 130 cm³/mol. The van der Waals surface area contributed by atoms with E-state index in [9.17, 15) is 8.78 Å². The van der Waals surface area contributed by atoms with E-state index in [-0.39, 0.29) is 35.5 Å². The Bertz CT molecular complexity index is 851. The molecular weight excluding hydrogens is 519 g/mol. The van der Waals surface area contributed by atoms with Gasteiger partial charge in [0.05, 0.1) is 14.2 Å². The zero-order valence-corrected chi connectivity index (χ0v) is 20.5. The van der Waals surface area contributed by atoms with Gasteiger partial charge >= 0.3 is 6.61 Å². The molecule has 0 unspecified atom stereocenters. The van der Waals surface area contributed by atoms with Gasteiger partial charge < -0.3 is 24.8 Å². The maximum atomic E-state index is 12.6. The maximum Gasteiger partial charge on any atom is 0.387 e. The summed E-state index contributed by atoms with van der Waals surface area (Å²) in [6.07, 6.45) is 1.43. The van der Waals surface area contributed by atoms with Crippen molar-refractivity contribution in [3.05, 3.63) is 53.1 Å². The summed E-state index contributed by atoms with van der Waals surface area (Å²) >= 11 is 0. The predicted octanol–water partition coefficient (Wildman–Crippen LogP) is 4.18. The largest absolute Gasteiger partial charge is 0.496 e. The molecule has 0 aliphatic rings. The van der Waals surface area contributed by atoms with Crippen molar-refractivity contribution in [2.75, 3.05) is 34.4 Å². The van der Waals surface area contributed by atoms with Crippen molar-refractivity contribution in [3.63, 3.8) is 0 Å². The average Bonchev–Trinajstić information content (AvgIpc) is 2.73. The highest BCUT2D eigenvalue weighted by molar-refractivity contribution is 14.0. The fourth-order valence-electron chi connectivity index (χ4n) is 2.96. The first-order valence-electron chi connectivity index (χ1n) is 9.66. The van der Waals surface area contributed by atoms with Crippen molar-refractivity contribution < 1.29 is 23.0 Å². The first-order valence-corrected chi connectivity index (χ1v) is 9.66. The second-order valence-electron chi connectivity index (χ2n) is 6.59. The molecule has 2 N–H and O–H groups in total. The molecule has 9 heteroatoms. The van der Waals surface area contributed by atoms with E-state index in [4.69, 9.17) is 9.47 Å². The van der Waals surface area contributed by atoms with Crippen molar-refractivity contribution in [2.45, 2.75) is 26.4 Å². The number of hydrogen-bond donors (Lipinski definition) is 2. The first kappa shape index (κ1) is 26.7. The highest BCUT2D eigenvalue weighted by Crippen LogP contribution is 2.29. The summed E-state index contributed by atoms with van der Waals surface area (Å²) in [5.74, 6) is 1.86. The molecule has 0 heterocycles. The summed E-state index contributed by atoms with van der Waals surface area (Å²) in [5, 5.41) is 6.48. The number of nitrogens with zero attached hydrogens (tertiary/aromatic N) is 1. The van der Waals surface area contributed by atoms with Crippen LogP contribution >= 0.6 is 24.0 Å². The zero-order chi connectivity index (χ0) is 21.9. The molecule has 0 amide bonds. The molecule has 0 atom stereocenters. The van der Waals surface area contributed by atoms with Crippen molar-refractivity contribution >= 4 is 29.9 Å². The molecule has 0 aromatic heterocycles. The van der Waals surface area contributed by atoms with Crippen molar-refractivity contribution in [2.24, 2.45) is 4.99 Å². The lowest BCUT2D eigenvalue weighted by atomic mass is 10.1. The van der Waals surface area contributed by atoms with E-state index in [0.29, 0.717) is 25.5 Å². The van der Waals surface area contributed by atoms with E-state index >= 15 is 0 Å². The molecule has 6 nitrogen and oxygen atoms in total. The summed E-state index contributed by atoms with van der Waals surface area (Å²) < 4.78 is 40.0. The molecule has 172 valence electrons. The Kier molecular flexibility index (Phi) is 12.0. The smallest absolute Gasteiger partial charge is 0.387 e. The van der Waals surface area contributed by atoms with Gasteiger partial charge in [-0.15, -0.1) is 24.0 Å². The van der Waals surface area contributed by atoms with Gasteiger partial charge in [0.2, 0.25) is 0 Å². The number of alkyl halides is 2. The van der Waals surface area contributed by atoms with Crippen LogP contribution in [0.15, 0.2) is 41.4 Å². The molecule has 0 saturated heterocycles. The quantitative estimate of drug-likeness (QED) is 0.265. The standard InChI is InChI=1S/C22H29F2N3O3.HI/c1-15-5-6-16(13-19(15)29-4)9-11-26-22(25-2)27-12-10-17-7-8-18(28-3)20(14-17)30-21(23)24;/h5-8,13-14,21H,9-12H2,1-4H3,(H2,25,26,27);1H. The van der Waals surface area contributed by atoms with Crippen LogP contribution in [-0.4, -0.2) is 46.9 Å². The normalized spacial score (nSPS) is 11.0. The van der Waals surface area contributed by atoms with Crippen molar-refractivity contribution in [1.82, 2.24) is 10.6 Å². The van der Waals surface area contributed by atoms with Crippen LogP contribution in [0.2, 0.25) is 0 Å². The van der Waals surface area contributed by atoms with Gasteiger partial charge in [0.15, 0.2) is 17.5 Å². The van der Waals surface area contributed by atoms with Gasteiger partial charge in [0, 0.05) is 20.1 Å². The Hall–Kier alpha value is -2.30. The minimum atomic E-state index is -2.90. The van der Waals surface area contributed by atoms with E-state index < -0.39 is 6.61 Å². The minimum Gasteiger partial charge on any atom is -0.496 e.